The number of rotatable bonds is 3. The number of nitrogens with zero attached hydrogens (tertiary/aromatic N) is 3. The zero-order valence-electron chi connectivity index (χ0n) is 13.7. The molecule has 2 heterocycles. The molecule has 7 nitrogen and oxygen atoms in total. The summed E-state index contributed by atoms with van der Waals surface area (Å²) in [6, 6.07) is -0.502. The van der Waals surface area contributed by atoms with E-state index in [0.717, 1.165) is 24.3 Å². The van der Waals surface area contributed by atoms with Crippen molar-refractivity contribution in [1.29, 1.82) is 0 Å². The standard InChI is InChI=1S/C15H22N4O3S/c1-15(2,3)22-14(21)19-8-4-5-10(19)11(20)16-13-18-17-12(23-13)9-6-7-9/h9-10H,4-8H2,1-3H3,(H,16,18,20). The van der Waals surface area contributed by atoms with E-state index in [1.54, 1.807) is 0 Å². The first-order chi connectivity index (χ1) is 10.8. The molecule has 1 atom stereocenters. The van der Waals surface area contributed by atoms with Crippen LogP contribution in [0.1, 0.15) is 57.4 Å². The summed E-state index contributed by atoms with van der Waals surface area (Å²) in [6.45, 7) is 5.99. The summed E-state index contributed by atoms with van der Waals surface area (Å²) in [7, 11) is 0. The highest BCUT2D eigenvalue weighted by molar-refractivity contribution is 7.15. The summed E-state index contributed by atoms with van der Waals surface area (Å²) < 4.78 is 5.38. The Morgan fingerprint density at radius 1 is 1.26 bits per heavy atom. The Hall–Kier alpha value is -1.70. The molecular weight excluding hydrogens is 316 g/mol. The molecule has 1 aliphatic carbocycles. The predicted molar refractivity (Wildman–Crippen MR) is 86.5 cm³/mol. The number of aromatic nitrogens is 2. The summed E-state index contributed by atoms with van der Waals surface area (Å²) in [4.78, 5) is 26.2. The van der Waals surface area contributed by atoms with Crippen LogP contribution < -0.4 is 5.32 Å². The van der Waals surface area contributed by atoms with Crippen LogP contribution in [0.5, 0.6) is 0 Å². The highest BCUT2D eigenvalue weighted by atomic mass is 32.1. The van der Waals surface area contributed by atoms with E-state index < -0.39 is 17.7 Å². The van der Waals surface area contributed by atoms with Gasteiger partial charge in [0.1, 0.15) is 16.7 Å². The van der Waals surface area contributed by atoms with Gasteiger partial charge in [-0.15, -0.1) is 10.2 Å². The average molecular weight is 338 g/mol. The molecule has 3 rings (SSSR count). The van der Waals surface area contributed by atoms with Gasteiger partial charge in [0.25, 0.3) is 0 Å². The van der Waals surface area contributed by atoms with E-state index >= 15 is 0 Å². The van der Waals surface area contributed by atoms with E-state index in [-0.39, 0.29) is 5.91 Å². The van der Waals surface area contributed by atoms with Crippen molar-refractivity contribution in [3.05, 3.63) is 5.01 Å². The fraction of sp³-hybridized carbons (Fsp3) is 0.733. The van der Waals surface area contributed by atoms with Crippen molar-refractivity contribution >= 4 is 28.5 Å². The first kappa shape index (κ1) is 16.2. The number of nitrogens with one attached hydrogen (secondary N) is 1. The maximum atomic E-state index is 12.5. The zero-order chi connectivity index (χ0) is 16.6. The molecule has 23 heavy (non-hydrogen) atoms. The van der Waals surface area contributed by atoms with Crippen molar-refractivity contribution < 1.29 is 14.3 Å². The normalized spacial score (nSPS) is 21.3. The van der Waals surface area contributed by atoms with Gasteiger partial charge in [-0.05, 0) is 46.5 Å². The number of carbonyl (C=O) groups excluding carboxylic acids is 2. The molecule has 1 unspecified atom stereocenters. The van der Waals surface area contributed by atoms with Crippen molar-refractivity contribution in [3.8, 4) is 0 Å². The van der Waals surface area contributed by atoms with Gasteiger partial charge in [0.05, 0.1) is 0 Å². The molecule has 8 heteroatoms. The molecular formula is C15H22N4O3S. The van der Waals surface area contributed by atoms with E-state index in [2.05, 4.69) is 15.5 Å². The second kappa shape index (κ2) is 6.07. The minimum atomic E-state index is -0.570. The highest BCUT2D eigenvalue weighted by Crippen LogP contribution is 2.42. The first-order valence-corrected chi connectivity index (χ1v) is 8.79. The van der Waals surface area contributed by atoms with Gasteiger partial charge in [0.2, 0.25) is 11.0 Å². The third-order valence-corrected chi connectivity index (χ3v) is 4.78. The van der Waals surface area contributed by atoms with Crippen LogP contribution in [-0.4, -0.2) is 45.3 Å². The molecule has 2 aliphatic rings. The molecule has 1 saturated carbocycles. The lowest BCUT2D eigenvalue weighted by molar-refractivity contribution is -0.120. The Kier molecular flexibility index (Phi) is 4.27. The van der Waals surface area contributed by atoms with Crippen LogP contribution in [0.25, 0.3) is 0 Å². The Labute approximate surface area is 139 Å². The van der Waals surface area contributed by atoms with Crippen molar-refractivity contribution in [1.82, 2.24) is 15.1 Å². The minimum Gasteiger partial charge on any atom is -0.444 e. The number of amides is 2. The zero-order valence-corrected chi connectivity index (χ0v) is 14.5. The topological polar surface area (TPSA) is 84.4 Å². The summed E-state index contributed by atoms with van der Waals surface area (Å²) in [5, 5.41) is 12.4. The Morgan fingerprint density at radius 3 is 2.65 bits per heavy atom. The van der Waals surface area contributed by atoms with Crippen molar-refractivity contribution in [3.63, 3.8) is 0 Å². The van der Waals surface area contributed by atoms with Crippen LogP contribution in [0.4, 0.5) is 9.93 Å². The monoisotopic (exact) mass is 338 g/mol. The number of ether oxygens (including phenoxy) is 1. The molecule has 0 bridgehead atoms. The Morgan fingerprint density at radius 2 is 2.00 bits per heavy atom. The van der Waals surface area contributed by atoms with Gasteiger partial charge in [0.15, 0.2) is 0 Å². The molecule has 0 radical (unpaired) electrons. The molecule has 1 aromatic rings. The van der Waals surface area contributed by atoms with Crippen LogP contribution in [0, 0.1) is 0 Å². The summed E-state index contributed by atoms with van der Waals surface area (Å²) in [5.41, 5.74) is -0.570. The fourth-order valence-electron chi connectivity index (χ4n) is 2.55. The number of likely N-dealkylation sites (tertiary alicyclic amines) is 1. The number of anilines is 1. The highest BCUT2D eigenvalue weighted by Gasteiger charge is 2.37. The minimum absolute atomic E-state index is 0.216. The van der Waals surface area contributed by atoms with Crippen LogP contribution >= 0.6 is 11.3 Å². The third kappa shape index (κ3) is 3.99. The van der Waals surface area contributed by atoms with Gasteiger partial charge < -0.3 is 4.74 Å². The smallest absolute Gasteiger partial charge is 0.410 e. The van der Waals surface area contributed by atoms with Gasteiger partial charge in [-0.2, -0.15) is 0 Å². The van der Waals surface area contributed by atoms with Gasteiger partial charge in [-0.1, -0.05) is 11.3 Å². The number of hydrogen-bond acceptors (Lipinski definition) is 6. The van der Waals surface area contributed by atoms with Crippen LogP contribution in [0.2, 0.25) is 0 Å². The number of carbonyl (C=O) groups is 2. The molecule has 1 aliphatic heterocycles. The van der Waals surface area contributed by atoms with Crippen LogP contribution in [0.3, 0.4) is 0 Å². The predicted octanol–water partition coefficient (Wildman–Crippen LogP) is 2.75. The molecule has 2 amide bonds. The van der Waals surface area contributed by atoms with E-state index in [1.807, 2.05) is 20.8 Å². The average Bonchev–Trinajstić information content (AvgIpc) is 2.99. The number of hydrogen-bond donors (Lipinski definition) is 1. The van der Waals surface area contributed by atoms with Gasteiger partial charge in [-0.3, -0.25) is 15.0 Å². The van der Waals surface area contributed by atoms with Gasteiger partial charge >= 0.3 is 6.09 Å². The van der Waals surface area contributed by atoms with Crippen molar-refractivity contribution in [2.75, 3.05) is 11.9 Å². The molecule has 1 N–H and O–H groups in total. The summed E-state index contributed by atoms with van der Waals surface area (Å²) >= 11 is 1.42. The van der Waals surface area contributed by atoms with Gasteiger partial charge in [0, 0.05) is 12.5 Å². The second-order valence-corrected chi connectivity index (χ2v) is 8.05. The SMILES string of the molecule is CC(C)(C)OC(=O)N1CCCC1C(=O)Nc1nnc(C2CC2)s1. The maximum Gasteiger partial charge on any atom is 0.410 e. The van der Waals surface area contributed by atoms with Gasteiger partial charge in [-0.25, -0.2) is 4.79 Å². The lowest BCUT2D eigenvalue weighted by Crippen LogP contribution is -2.45. The molecule has 1 saturated heterocycles. The largest absolute Gasteiger partial charge is 0.444 e. The Bertz CT molecular complexity index is 606. The van der Waals surface area contributed by atoms with Crippen molar-refractivity contribution in [2.45, 2.75) is 64.0 Å². The third-order valence-electron chi connectivity index (χ3n) is 3.78. The summed E-state index contributed by atoms with van der Waals surface area (Å²) in [6.07, 6.45) is 3.29. The quantitative estimate of drug-likeness (QED) is 0.916. The lowest BCUT2D eigenvalue weighted by atomic mass is 10.2. The molecule has 126 valence electrons. The Balaban J connectivity index is 1.61. The van der Waals surface area contributed by atoms with Crippen molar-refractivity contribution in [2.24, 2.45) is 0 Å². The fourth-order valence-corrected chi connectivity index (χ4v) is 3.46. The van der Waals surface area contributed by atoms with E-state index in [9.17, 15) is 9.59 Å². The molecule has 1 aromatic heterocycles. The molecule has 2 fully saturated rings. The summed E-state index contributed by atoms with van der Waals surface area (Å²) in [5.74, 6) is 0.301. The van der Waals surface area contributed by atoms with Crippen LogP contribution in [-0.2, 0) is 9.53 Å². The first-order valence-electron chi connectivity index (χ1n) is 7.97. The molecule has 0 spiro atoms. The second-order valence-electron chi connectivity index (χ2n) is 7.04. The molecule has 0 aromatic carbocycles. The maximum absolute atomic E-state index is 12.5. The van der Waals surface area contributed by atoms with Crippen LogP contribution in [0.15, 0.2) is 0 Å². The lowest BCUT2D eigenvalue weighted by Gasteiger charge is -2.27. The van der Waals surface area contributed by atoms with E-state index in [1.165, 1.54) is 16.2 Å². The van der Waals surface area contributed by atoms with E-state index in [0.29, 0.717) is 24.0 Å². The van der Waals surface area contributed by atoms with E-state index in [4.69, 9.17) is 4.74 Å².